The van der Waals surface area contributed by atoms with Gasteiger partial charge in [0.1, 0.15) is 23.6 Å². The number of carbonyl (C=O) groups is 6. The van der Waals surface area contributed by atoms with Crippen LogP contribution in [0.4, 0.5) is 11.9 Å². The van der Waals surface area contributed by atoms with E-state index >= 15 is 0 Å². The molecule has 6 rings (SSSR count). The van der Waals surface area contributed by atoms with Gasteiger partial charge in [0.2, 0.25) is 11.9 Å². The topological polar surface area (TPSA) is 296 Å². The predicted molar refractivity (Wildman–Crippen MR) is 278 cm³/mol. The molecular formula is C49H54Cl2N10O10S2. The third-order valence-corrected chi connectivity index (χ3v) is 13.0. The number of carboxylic acid groups (broad SMARTS) is 1. The molecule has 0 bridgehead atoms. The first-order valence-electron chi connectivity index (χ1n) is 22.5. The lowest BCUT2D eigenvalue weighted by Gasteiger charge is -2.18. The minimum absolute atomic E-state index is 0.169. The molecule has 0 aliphatic heterocycles. The first-order chi connectivity index (χ1) is 34.8. The molecule has 0 fully saturated rings. The van der Waals surface area contributed by atoms with E-state index < -0.39 is 47.7 Å². The Balaban J connectivity index is 0.000000271. The number of rotatable bonds is 22. The van der Waals surface area contributed by atoms with Crippen LogP contribution in [-0.2, 0) is 27.2 Å². The van der Waals surface area contributed by atoms with Crippen LogP contribution in [0.5, 0.6) is 11.5 Å². The van der Waals surface area contributed by atoms with E-state index in [9.17, 15) is 44.1 Å². The maximum Gasteiger partial charge on any atom is 0.330 e. The molecule has 4 heterocycles. The number of methoxy groups -OCH3 is 1. The van der Waals surface area contributed by atoms with E-state index in [0.29, 0.717) is 66.2 Å². The van der Waals surface area contributed by atoms with Crippen molar-refractivity contribution in [2.24, 2.45) is 0 Å². The number of aryl methyl sites for hydroxylation is 6. The number of aliphatic carboxylic acids is 1. The van der Waals surface area contributed by atoms with Crippen LogP contribution >= 0.6 is 45.9 Å². The van der Waals surface area contributed by atoms with Gasteiger partial charge in [-0.15, -0.1) is 22.7 Å². The third kappa shape index (κ3) is 17.4. The van der Waals surface area contributed by atoms with Crippen molar-refractivity contribution in [2.45, 2.75) is 65.5 Å². The summed E-state index contributed by atoms with van der Waals surface area (Å²) in [6.07, 6.45) is 3.09. The van der Waals surface area contributed by atoms with E-state index in [1.807, 2.05) is 12.1 Å². The average Bonchev–Trinajstić information content (AvgIpc) is 3.99. The molecule has 0 spiro atoms. The highest BCUT2D eigenvalue weighted by atomic mass is 35.5. The van der Waals surface area contributed by atoms with Crippen LogP contribution in [0.2, 0.25) is 8.67 Å². The molecule has 0 aliphatic carbocycles. The monoisotopic (exact) mass is 1080 g/mol. The third-order valence-electron chi connectivity index (χ3n) is 10.6. The van der Waals surface area contributed by atoms with Crippen LogP contribution < -0.4 is 31.9 Å². The number of thiophene rings is 2. The molecule has 0 unspecified atom stereocenters. The number of anilines is 2. The standard InChI is InChI=1S/C25H28ClN5O5S.C24H26ClN5O5S/c1-14-21(15(2)30-25(29-14)27-11-5-7-16-6-4-8-17(32)12-16)23(34)31-18(24(35)36-3)13-28-22(33)19-9-10-20(26)37-19;1-13-20(14(2)29-24(28-13)26-10-4-6-15-5-3-7-16(31)11-15)22(33)30-17(23(34)35)12-27-21(32)18-8-9-19(25)36-18/h4,6,8-10,12,18,32H,5,7,11,13H2,1-3H3,(H,28,33)(H,31,34)(H,27,29,30);3,5,7-9,11,17,31H,4,6,10,12H2,1-2H3,(H,27,32)(H,30,33)(H,34,35)(H,26,28,29)/t18-;17-/m00/s1. The predicted octanol–water partition coefficient (Wildman–Crippen LogP) is 6.43. The quantitative estimate of drug-likeness (QED) is 0.0261. The average molecular weight is 1080 g/mol. The first-order valence-corrected chi connectivity index (χ1v) is 24.9. The number of phenols is 2. The lowest BCUT2D eigenvalue weighted by Crippen LogP contribution is -2.49. The molecule has 0 radical (unpaired) electrons. The molecule has 2 atom stereocenters. The maximum absolute atomic E-state index is 13.0. The summed E-state index contributed by atoms with van der Waals surface area (Å²) in [4.78, 5) is 92.5. The number of carbonyl (C=O) groups excluding carboxylic acids is 5. The Kier molecular flexibility index (Phi) is 21.2. The smallest absolute Gasteiger partial charge is 0.330 e. The number of benzene rings is 2. The van der Waals surface area contributed by atoms with Crippen molar-refractivity contribution in [3.8, 4) is 11.5 Å². The number of nitrogens with zero attached hydrogens (tertiary/aromatic N) is 4. The number of nitrogens with one attached hydrogen (secondary N) is 6. The van der Waals surface area contributed by atoms with Gasteiger partial charge in [-0.25, -0.2) is 29.5 Å². The Labute approximate surface area is 438 Å². The second-order valence-electron chi connectivity index (χ2n) is 16.1. The highest BCUT2D eigenvalue weighted by Crippen LogP contribution is 2.23. The molecule has 0 saturated carbocycles. The summed E-state index contributed by atoms with van der Waals surface area (Å²) >= 11 is 13.9. The summed E-state index contributed by atoms with van der Waals surface area (Å²) in [6.45, 7) is 7.32. The van der Waals surface area contributed by atoms with E-state index in [0.717, 1.165) is 59.5 Å². The molecule has 2 aromatic carbocycles. The Morgan fingerprint density at radius 2 is 0.986 bits per heavy atom. The van der Waals surface area contributed by atoms with Gasteiger partial charge < -0.3 is 52.0 Å². The number of ether oxygens (including phenoxy) is 1. The van der Waals surface area contributed by atoms with Crippen molar-refractivity contribution in [2.75, 3.05) is 43.9 Å². The van der Waals surface area contributed by atoms with Gasteiger partial charge in [0.15, 0.2) is 0 Å². The lowest BCUT2D eigenvalue weighted by molar-refractivity contribution is -0.142. The molecule has 73 heavy (non-hydrogen) atoms. The first kappa shape index (κ1) is 56.5. The molecule has 4 aromatic heterocycles. The summed E-state index contributed by atoms with van der Waals surface area (Å²) in [5.74, 6) is -2.92. The molecule has 6 aromatic rings. The fraction of sp³-hybridized carbons (Fsp3) is 0.306. The van der Waals surface area contributed by atoms with Crippen molar-refractivity contribution in [3.63, 3.8) is 0 Å². The van der Waals surface area contributed by atoms with Crippen LogP contribution in [0, 0.1) is 27.7 Å². The van der Waals surface area contributed by atoms with Crippen LogP contribution in [0.25, 0.3) is 0 Å². The number of aromatic hydroxyl groups is 2. The zero-order valence-corrected chi connectivity index (χ0v) is 43.4. The van der Waals surface area contributed by atoms with E-state index in [2.05, 4.69) is 51.8 Å². The van der Waals surface area contributed by atoms with Gasteiger partial charge in [-0.05, 0) is 113 Å². The Morgan fingerprint density at radius 1 is 0.589 bits per heavy atom. The summed E-state index contributed by atoms with van der Waals surface area (Å²) in [6, 6.07) is 18.0. The fourth-order valence-corrected chi connectivity index (χ4v) is 9.01. The summed E-state index contributed by atoms with van der Waals surface area (Å²) in [5, 5.41) is 45.0. The van der Waals surface area contributed by atoms with E-state index in [1.165, 1.54) is 13.2 Å². The van der Waals surface area contributed by atoms with Crippen molar-refractivity contribution < 1.29 is 48.8 Å². The van der Waals surface area contributed by atoms with Gasteiger partial charge in [-0.3, -0.25) is 19.2 Å². The Hall–Kier alpha value is -7.40. The van der Waals surface area contributed by atoms with Crippen LogP contribution in [-0.4, -0.2) is 116 Å². The number of hydrogen-bond donors (Lipinski definition) is 9. The number of phenolic OH excluding ortho intramolecular Hbond substituents is 2. The van der Waals surface area contributed by atoms with E-state index in [-0.39, 0.29) is 35.7 Å². The maximum atomic E-state index is 13.0. The number of hydrogen-bond acceptors (Lipinski definition) is 17. The Morgan fingerprint density at radius 3 is 1.34 bits per heavy atom. The zero-order valence-electron chi connectivity index (χ0n) is 40.3. The number of esters is 1. The molecule has 4 amide bonds. The number of aromatic nitrogens is 4. The second-order valence-corrected chi connectivity index (χ2v) is 19.6. The molecular weight excluding hydrogens is 1020 g/mol. The van der Waals surface area contributed by atoms with Gasteiger partial charge in [0.25, 0.3) is 23.6 Å². The van der Waals surface area contributed by atoms with E-state index in [1.54, 1.807) is 82.3 Å². The van der Waals surface area contributed by atoms with Crippen molar-refractivity contribution in [1.82, 2.24) is 41.2 Å². The fourth-order valence-electron chi connectivity index (χ4n) is 7.09. The molecule has 20 nitrogen and oxygen atoms in total. The molecule has 24 heteroatoms. The normalized spacial score (nSPS) is 11.5. The van der Waals surface area contributed by atoms with Gasteiger partial charge >= 0.3 is 11.9 Å². The molecule has 0 saturated heterocycles. The summed E-state index contributed by atoms with van der Waals surface area (Å²) in [7, 11) is 1.20. The minimum atomic E-state index is -1.36. The van der Waals surface area contributed by atoms with Gasteiger partial charge in [-0.1, -0.05) is 47.5 Å². The van der Waals surface area contributed by atoms with Crippen LogP contribution in [0.15, 0.2) is 72.8 Å². The largest absolute Gasteiger partial charge is 0.508 e. The number of carboxylic acids is 1. The second kappa shape index (κ2) is 27.4. The number of amides is 4. The summed E-state index contributed by atoms with van der Waals surface area (Å²) < 4.78 is 5.68. The SMILES string of the molecule is COC(=O)[C@H](CNC(=O)c1ccc(Cl)s1)NC(=O)c1c(C)nc(NCCCc2cccc(O)c2)nc1C.Cc1nc(NCCCc2cccc(O)c2)nc(C)c1C(=O)N[C@@H](CNC(=O)c1ccc(Cl)s1)C(=O)O. The Bertz CT molecular complexity index is 2890. The number of halogens is 2. The van der Waals surface area contributed by atoms with Gasteiger partial charge in [-0.2, -0.15) is 0 Å². The van der Waals surface area contributed by atoms with E-state index in [4.69, 9.17) is 27.9 Å². The highest BCUT2D eigenvalue weighted by Gasteiger charge is 2.27. The molecule has 9 N–H and O–H groups in total. The van der Waals surface area contributed by atoms with Crippen LogP contribution in [0.3, 0.4) is 0 Å². The summed E-state index contributed by atoms with van der Waals surface area (Å²) in [5.41, 5.74) is 4.08. The van der Waals surface area contributed by atoms with Crippen molar-refractivity contribution >= 4 is 93.3 Å². The van der Waals surface area contributed by atoms with Gasteiger partial charge in [0.05, 0.1) is 59.4 Å². The van der Waals surface area contributed by atoms with Gasteiger partial charge in [0, 0.05) is 26.2 Å². The molecule has 386 valence electrons. The van der Waals surface area contributed by atoms with Crippen LogP contribution in [0.1, 0.15) is 86.8 Å². The highest BCUT2D eigenvalue weighted by molar-refractivity contribution is 7.18. The van der Waals surface area contributed by atoms with Crippen molar-refractivity contribution in [3.05, 3.63) is 136 Å². The minimum Gasteiger partial charge on any atom is -0.508 e. The lowest BCUT2D eigenvalue weighted by atomic mass is 10.1. The zero-order chi connectivity index (χ0) is 53.2. The molecule has 0 aliphatic rings. The van der Waals surface area contributed by atoms with Crippen molar-refractivity contribution in [1.29, 1.82) is 0 Å².